The summed E-state index contributed by atoms with van der Waals surface area (Å²) >= 11 is 0. The summed E-state index contributed by atoms with van der Waals surface area (Å²) in [5, 5.41) is 0.493. The van der Waals surface area contributed by atoms with E-state index in [9.17, 15) is 13.2 Å². The van der Waals surface area contributed by atoms with Gasteiger partial charge in [-0.3, -0.25) is 9.36 Å². The molecule has 0 aliphatic rings. The van der Waals surface area contributed by atoms with Crippen LogP contribution in [0.1, 0.15) is 11.4 Å². The highest BCUT2D eigenvalue weighted by Crippen LogP contribution is 2.21. The zero-order valence-electron chi connectivity index (χ0n) is 14.7. The number of aryl methyl sites for hydroxylation is 1. The standard InChI is InChI=1S/C18H19N3O4S/c1-12-10-13(25-3)8-9-16(12)26(23,24)19-11-17-20-15-7-5-4-6-14(15)18(22)21(17)2/h4-10,19H,11H2,1-3H3. The number of sulfonamides is 1. The molecule has 2 aromatic carbocycles. The van der Waals surface area contributed by atoms with Gasteiger partial charge in [-0.1, -0.05) is 12.1 Å². The van der Waals surface area contributed by atoms with Crippen LogP contribution < -0.4 is 15.0 Å². The first-order valence-corrected chi connectivity index (χ1v) is 9.41. The molecule has 0 aliphatic carbocycles. The lowest BCUT2D eigenvalue weighted by atomic mass is 10.2. The molecule has 3 aromatic rings. The second-order valence-corrected chi connectivity index (χ2v) is 7.60. The topological polar surface area (TPSA) is 90.3 Å². The Labute approximate surface area is 151 Å². The molecule has 0 atom stereocenters. The fraction of sp³-hybridized carbons (Fsp3) is 0.222. The predicted molar refractivity (Wildman–Crippen MR) is 98.7 cm³/mol. The van der Waals surface area contributed by atoms with Gasteiger partial charge in [0.2, 0.25) is 10.0 Å². The highest BCUT2D eigenvalue weighted by Gasteiger charge is 2.18. The van der Waals surface area contributed by atoms with Gasteiger partial charge in [0.15, 0.2) is 0 Å². The van der Waals surface area contributed by atoms with Gasteiger partial charge in [-0.25, -0.2) is 18.1 Å². The van der Waals surface area contributed by atoms with Crippen LogP contribution in [0.2, 0.25) is 0 Å². The van der Waals surface area contributed by atoms with Crippen LogP contribution in [-0.2, 0) is 23.6 Å². The molecular formula is C18H19N3O4S. The van der Waals surface area contributed by atoms with Gasteiger partial charge in [0.05, 0.1) is 29.5 Å². The minimum absolute atomic E-state index is 0.0929. The van der Waals surface area contributed by atoms with Crippen LogP contribution in [0, 0.1) is 6.92 Å². The SMILES string of the molecule is COc1ccc(S(=O)(=O)NCc2nc3ccccc3c(=O)n2C)c(C)c1. The summed E-state index contributed by atoms with van der Waals surface area (Å²) in [6.07, 6.45) is 0. The molecule has 0 bridgehead atoms. The van der Waals surface area contributed by atoms with E-state index in [0.717, 1.165) is 0 Å². The first-order chi connectivity index (χ1) is 12.3. The van der Waals surface area contributed by atoms with Crippen molar-refractivity contribution >= 4 is 20.9 Å². The van der Waals surface area contributed by atoms with Crippen molar-refractivity contribution in [2.75, 3.05) is 7.11 Å². The van der Waals surface area contributed by atoms with Gasteiger partial charge in [0, 0.05) is 7.05 Å². The molecule has 1 heterocycles. The average Bonchev–Trinajstić information content (AvgIpc) is 2.63. The van der Waals surface area contributed by atoms with Gasteiger partial charge in [0.1, 0.15) is 11.6 Å². The lowest BCUT2D eigenvalue weighted by Crippen LogP contribution is -2.30. The molecule has 26 heavy (non-hydrogen) atoms. The molecule has 3 rings (SSSR count). The van der Waals surface area contributed by atoms with Crippen molar-refractivity contribution in [1.82, 2.24) is 14.3 Å². The van der Waals surface area contributed by atoms with Gasteiger partial charge >= 0.3 is 0 Å². The summed E-state index contributed by atoms with van der Waals surface area (Å²) < 4.78 is 34.2. The van der Waals surface area contributed by atoms with Gasteiger partial charge in [-0.05, 0) is 42.8 Å². The summed E-state index contributed by atoms with van der Waals surface area (Å²) in [5.74, 6) is 0.920. The van der Waals surface area contributed by atoms with Crippen LogP contribution in [-0.4, -0.2) is 25.1 Å². The molecule has 0 radical (unpaired) electrons. The fourth-order valence-corrected chi connectivity index (χ4v) is 3.91. The lowest BCUT2D eigenvalue weighted by molar-refractivity contribution is 0.414. The van der Waals surface area contributed by atoms with E-state index >= 15 is 0 Å². The van der Waals surface area contributed by atoms with Gasteiger partial charge in [-0.2, -0.15) is 0 Å². The molecule has 8 heteroatoms. The van der Waals surface area contributed by atoms with Gasteiger partial charge < -0.3 is 4.74 Å². The molecule has 0 spiro atoms. The first-order valence-electron chi connectivity index (χ1n) is 7.92. The third-order valence-electron chi connectivity index (χ3n) is 4.17. The van der Waals surface area contributed by atoms with E-state index in [4.69, 9.17) is 4.74 Å². The van der Waals surface area contributed by atoms with Crippen LogP contribution in [0.4, 0.5) is 0 Å². The average molecular weight is 373 g/mol. The quantitative estimate of drug-likeness (QED) is 0.736. The first kappa shape index (κ1) is 18.1. The Hall–Kier alpha value is -2.71. The van der Waals surface area contributed by atoms with Crippen LogP contribution in [0.25, 0.3) is 10.9 Å². The largest absolute Gasteiger partial charge is 0.497 e. The highest BCUT2D eigenvalue weighted by molar-refractivity contribution is 7.89. The van der Waals surface area contributed by atoms with Crippen molar-refractivity contribution in [2.45, 2.75) is 18.4 Å². The number of para-hydroxylation sites is 1. The number of nitrogens with one attached hydrogen (secondary N) is 1. The number of aromatic nitrogens is 2. The maximum atomic E-state index is 12.6. The van der Waals surface area contributed by atoms with Crippen molar-refractivity contribution in [3.05, 3.63) is 64.2 Å². The zero-order valence-corrected chi connectivity index (χ0v) is 15.5. The number of rotatable bonds is 5. The Morgan fingerprint density at radius 3 is 2.62 bits per heavy atom. The smallest absolute Gasteiger partial charge is 0.261 e. The Bertz CT molecular complexity index is 1140. The molecule has 0 amide bonds. The molecule has 7 nitrogen and oxygen atoms in total. The Balaban J connectivity index is 1.92. The second-order valence-electron chi connectivity index (χ2n) is 5.87. The summed E-state index contributed by atoms with van der Waals surface area (Å²) in [6, 6.07) is 11.7. The normalized spacial score (nSPS) is 11.7. The minimum atomic E-state index is -3.76. The van der Waals surface area contributed by atoms with Crippen LogP contribution >= 0.6 is 0 Å². The number of nitrogens with zero attached hydrogens (tertiary/aromatic N) is 2. The third-order valence-corrected chi connectivity index (χ3v) is 5.73. The summed E-state index contributed by atoms with van der Waals surface area (Å²) in [4.78, 5) is 17.0. The highest BCUT2D eigenvalue weighted by atomic mass is 32.2. The van der Waals surface area contributed by atoms with E-state index in [1.807, 2.05) is 0 Å². The zero-order chi connectivity index (χ0) is 18.9. The molecular weight excluding hydrogens is 354 g/mol. The molecule has 1 aromatic heterocycles. The van der Waals surface area contributed by atoms with Crippen LogP contribution in [0.5, 0.6) is 5.75 Å². The molecule has 136 valence electrons. The Morgan fingerprint density at radius 1 is 1.19 bits per heavy atom. The third kappa shape index (κ3) is 3.33. The summed E-state index contributed by atoms with van der Waals surface area (Å²) in [6.45, 7) is 1.60. The van der Waals surface area contributed by atoms with Crippen LogP contribution in [0.15, 0.2) is 52.2 Å². The summed E-state index contributed by atoms with van der Waals surface area (Å²) in [7, 11) is -0.664. The van der Waals surface area contributed by atoms with Crippen molar-refractivity contribution in [3.8, 4) is 5.75 Å². The number of hydrogen-bond donors (Lipinski definition) is 1. The maximum Gasteiger partial charge on any atom is 0.261 e. The lowest BCUT2D eigenvalue weighted by Gasteiger charge is -2.12. The van der Waals surface area contributed by atoms with Crippen molar-refractivity contribution < 1.29 is 13.2 Å². The van der Waals surface area contributed by atoms with Gasteiger partial charge in [0.25, 0.3) is 5.56 Å². The van der Waals surface area contributed by atoms with Crippen LogP contribution in [0.3, 0.4) is 0 Å². The van der Waals surface area contributed by atoms with Crippen molar-refractivity contribution in [2.24, 2.45) is 7.05 Å². The molecule has 0 saturated heterocycles. The van der Waals surface area contributed by atoms with E-state index < -0.39 is 10.0 Å². The molecule has 0 saturated carbocycles. The molecule has 0 fully saturated rings. The Morgan fingerprint density at radius 2 is 1.92 bits per heavy atom. The van der Waals surface area contributed by atoms with E-state index in [2.05, 4.69) is 9.71 Å². The number of benzene rings is 2. The van der Waals surface area contributed by atoms with E-state index in [0.29, 0.717) is 28.0 Å². The second kappa shape index (κ2) is 6.89. The Kier molecular flexibility index (Phi) is 4.80. The predicted octanol–water partition coefficient (Wildman–Crippen LogP) is 1.73. The van der Waals surface area contributed by atoms with E-state index in [1.54, 1.807) is 50.4 Å². The number of methoxy groups -OCH3 is 1. The number of fused-ring (bicyclic) bond motifs is 1. The maximum absolute atomic E-state index is 12.6. The van der Waals surface area contributed by atoms with E-state index in [1.165, 1.54) is 17.7 Å². The van der Waals surface area contributed by atoms with Gasteiger partial charge in [-0.15, -0.1) is 0 Å². The number of ether oxygens (including phenoxy) is 1. The molecule has 1 N–H and O–H groups in total. The molecule has 0 unspecified atom stereocenters. The monoisotopic (exact) mass is 373 g/mol. The van der Waals surface area contributed by atoms with E-state index in [-0.39, 0.29) is 17.0 Å². The summed E-state index contributed by atoms with van der Waals surface area (Å²) in [5.41, 5.74) is 0.882. The minimum Gasteiger partial charge on any atom is -0.497 e. The number of hydrogen-bond acceptors (Lipinski definition) is 5. The van der Waals surface area contributed by atoms with Crippen molar-refractivity contribution in [1.29, 1.82) is 0 Å². The molecule has 0 aliphatic heterocycles. The fourth-order valence-electron chi connectivity index (χ4n) is 2.71. The van der Waals surface area contributed by atoms with Crippen molar-refractivity contribution in [3.63, 3.8) is 0 Å².